The highest BCUT2D eigenvalue weighted by molar-refractivity contribution is 5.97. The Labute approximate surface area is 209 Å². The van der Waals surface area contributed by atoms with Crippen molar-refractivity contribution in [2.75, 3.05) is 20.8 Å². The summed E-state index contributed by atoms with van der Waals surface area (Å²) in [5.74, 6) is 1.04. The predicted molar refractivity (Wildman–Crippen MR) is 134 cm³/mol. The van der Waals surface area contributed by atoms with Crippen molar-refractivity contribution in [3.8, 4) is 11.5 Å². The van der Waals surface area contributed by atoms with Crippen LogP contribution in [0.2, 0.25) is 0 Å². The number of allylic oxidation sites excluding steroid dienone is 1. The maximum Gasteiger partial charge on any atom is 0.251 e. The molecule has 2 aliphatic rings. The summed E-state index contributed by atoms with van der Waals surface area (Å²) in [4.78, 5) is 28.8. The molecule has 1 aliphatic heterocycles. The summed E-state index contributed by atoms with van der Waals surface area (Å²) in [7, 11) is 3.33. The van der Waals surface area contributed by atoms with E-state index in [0.717, 1.165) is 28.6 Å². The lowest BCUT2D eigenvalue weighted by atomic mass is 9.80. The van der Waals surface area contributed by atoms with Crippen molar-refractivity contribution < 1.29 is 28.5 Å². The van der Waals surface area contributed by atoms with E-state index in [1.54, 1.807) is 38.5 Å². The fraction of sp³-hybridized carbons (Fsp3) is 0.357. The van der Waals surface area contributed by atoms with E-state index >= 15 is 0 Å². The minimum Gasteiger partial charge on any atom is -0.497 e. The average Bonchev–Trinajstić information content (AvgIpc) is 3.32. The van der Waals surface area contributed by atoms with Crippen molar-refractivity contribution in [1.29, 1.82) is 0 Å². The zero-order chi connectivity index (χ0) is 25.1. The molecule has 3 aromatic rings. The number of nitrogens with one attached hydrogen (secondary N) is 2. The van der Waals surface area contributed by atoms with Crippen LogP contribution >= 0.6 is 0 Å². The molecule has 1 amide bonds. The normalized spacial score (nSPS) is 21.3. The lowest BCUT2D eigenvalue weighted by molar-refractivity contribution is -0.133. The van der Waals surface area contributed by atoms with Crippen LogP contribution < -0.4 is 14.8 Å². The Kier molecular flexibility index (Phi) is 6.95. The molecule has 3 atom stereocenters. The molecule has 2 heterocycles. The number of ketones is 1. The van der Waals surface area contributed by atoms with Gasteiger partial charge in [-0.05, 0) is 67.3 Å². The lowest BCUT2D eigenvalue weighted by Crippen LogP contribution is -2.42. The van der Waals surface area contributed by atoms with Gasteiger partial charge in [0.25, 0.3) is 5.91 Å². The average molecular weight is 491 g/mol. The van der Waals surface area contributed by atoms with Gasteiger partial charge in [0.05, 0.1) is 19.1 Å². The highest BCUT2D eigenvalue weighted by atomic mass is 16.5. The van der Waals surface area contributed by atoms with Gasteiger partial charge in [-0.1, -0.05) is 0 Å². The van der Waals surface area contributed by atoms with Gasteiger partial charge in [-0.2, -0.15) is 0 Å². The smallest absolute Gasteiger partial charge is 0.251 e. The number of hydrogen-bond donors (Lipinski definition) is 2. The van der Waals surface area contributed by atoms with Crippen molar-refractivity contribution in [3.63, 3.8) is 0 Å². The number of benzene rings is 2. The van der Waals surface area contributed by atoms with Crippen molar-refractivity contribution in [2.24, 2.45) is 5.92 Å². The number of amides is 1. The fourth-order valence-corrected chi connectivity index (χ4v) is 4.93. The zero-order valence-corrected chi connectivity index (χ0v) is 20.4. The summed E-state index contributed by atoms with van der Waals surface area (Å²) in [5, 5.41) is 4.04. The molecule has 8 heteroatoms. The van der Waals surface area contributed by atoms with Crippen LogP contribution in [0.25, 0.3) is 10.9 Å². The molecule has 0 radical (unpaired) electrons. The minimum absolute atomic E-state index is 0.0440. The number of carbonyl (C=O) groups excluding carboxylic acids is 2. The number of aromatic amines is 1. The molecule has 8 nitrogen and oxygen atoms in total. The van der Waals surface area contributed by atoms with Crippen LogP contribution in [-0.4, -0.2) is 49.6 Å². The van der Waals surface area contributed by atoms with Crippen molar-refractivity contribution in [3.05, 3.63) is 71.8 Å². The third-order valence-electron chi connectivity index (χ3n) is 7.01. The van der Waals surface area contributed by atoms with Crippen LogP contribution in [0.4, 0.5) is 0 Å². The molecule has 5 rings (SSSR count). The molecular formula is C28H30N2O6. The van der Waals surface area contributed by atoms with Gasteiger partial charge in [0, 0.05) is 42.7 Å². The van der Waals surface area contributed by atoms with E-state index in [9.17, 15) is 9.59 Å². The third-order valence-corrected chi connectivity index (χ3v) is 7.01. The number of H-pyrrole nitrogens is 1. The maximum absolute atomic E-state index is 12.9. The third kappa shape index (κ3) is 4.95. The number of aromatic nitrogens is 1. The van der Waals surface area contributed by atoms with Crippen LogP contribution in [0.15, 0.2) is 60.7 Å². The summed E-state index contributed by atoms with van der Waals surface area (Å²) in [6.45, 7) is 0.493. The summed E-state index contributed by atoms with van der Waals surface area (Å²) in [6, 6.07) is 12.6. The van der Waals surface area contributed by atoms with E-state index in [4.69, 9.17) is 18.9 Å². The summed E-state index contributed by atoms with van der Waals surface area (Å²) in [6.07, 6.45) is 6.26. The van der Waals surface area contributed by atoms with E-state index in [1.807, 2.05) is 24.4 Å². The van der Waals surface area contributed by atoms with Crippen LogP contribution in [0.1, 0.15) is 35.2 Å². The second kappa shape index (κ2) is 10.5. The molecule has 0 saturated heterocycles. The molecule has 0 spiro atoms. The number of fused-ring (bicyclic) bond motifs is 2. The highest BCUT2D eigenvalue weighted by Crippen LogP contribution is 2.35. The molecule has 1 aliphatic carbocycles. The van der Waals surface area contributed by atoms with Gasteiger partial charge in [-0.3, -0.25) is 9.59 Å². The van der Waals surface area contributed by atoms with Crippen molar-refractivity contribution in [2.45, 2.75) is 37.9 Å². The van der Waals surface area contributed by atoms with E-state index in [2.05, 4.69) is 10.3 Å². The summed E-state index contributed by atoms with van der Waals surface area (Å²) >= 11 is 0. The van der Waals surface area contributed by atoms with Gasteiger partial charge in [0.15, 0.2) is 0 Å². The lowest BCUT2D eigenvalue weighted by Gasteiger charge is -2.36. The van der Waals surface area contributed by atoms with Crippen LogP contribution in [-0.2, 0) is 20.7 Å². The van der Waals surface area contributed by atoms with Gasteiger partial charge < -0.3 is 29.2 Å². The SMILES string of the molecule is COc1ccc2[nH]cc(CCNC(=O)c3ccc(OC4=COC5CC(OC)CCC5C4=O)cc3)c2c1. The highest BCUT2D eigenvalue weighted by Gasteiger charge is 2.41. The Morgan fingerprint density at radius 2 is 1.92 bits per heavy atom. The summed E-state index contributed by atoms with van der Waals surface area (Å²) < 4.78 is 22.3. The maximum atomic E-state index is 12.9. The van der Waals surface area contributed by atoms with Crippen molar-refractivity contribution >= 4 is 22.6 Å². The van der Waals surface area contributed by atoms with Gasteiger partial charge in [-0.25, -0.2) is 0 Å². The molecule has 36 heavy (non-hydrogen) atoms. The molecule has 1 saturated carbocycles. The number of Topliss-reactive ketones (excluding diaryl/α,β-unsaturated/α-hetero) is 1. The number of ether oxygens (including phenoxy) is 4. The van der Waals surface area contributed by atoms with E-state index in [0.29, 0.717) is 37.1 Å². The quantitative estimate of drug-likeness (QED) is 0.492. The molecular weight excluding hydrogens is 460 g/mol. The Hall–Kier alpha value is -3.78. The molecule has 1 fully saturated rings. The van der Waals surface area contributed by atoms with Gasteiger partial charge in [-0.15, -0.1) is 0 Å². The molecule has 1 aromatic heterocycles. The van der Waals surface area contributed by atoms with Crippen LogP contribution in [0, 0.1) is 5.92 Å². The molecule has 3 unspecified atom stereocenters. The van der Waals surface area contributed by atoms with Gasteiger partial charge in [0.2, 0.25) is 11.5 Å². The standard InChI is InChI=1S/C28H30N2O6/c1-33-20-8-10-24-23(13-20)18(15-30-24)11-12-29-28(32)17-3-5-19(6-4-17)36-26-16-35-25-14-21(34-2)7-9-22(25)27(26)31/h3-6,8,10,13,15-16,21-22,25,30H,7,9,11-12,14H2,1-2H3,(H,29,32). The topological polar surface area (TPSA) is 98.9 Å². The van der Waals surface area contributed by atoms with Gasteiger partial charge in [0.1, 0.15) is 23.9 Å². The van der Waals surface area contributed by atoms with Crippen LogP contribution in [0.5, 0.6) is 11.5 Å². The first-order valence-electron chi connectivity index (χ1n) is 12.2. The Morgan fingerprint density at radius 3 is 2.69 bits per heavy atom. The summed E-state index contributed by atoms with van der Waals surface area (Å²) in [5.41, 5.74) is 2.66. The van der Waals surface area contributed by atoms with Crippen LogP contribution in [0.3, 0.4) is 0 Å². The number of methoxy groups -OCH3 is 2. The molecule has 2 N–H and O–H groups in total. The van der Waals surface area contributed by atoms with E-state index < -0.39 is 0 Å². The number of rotatable bonds is 8. The van der Waals surface area contributed by atoms with Crippen molar-refractivity contribution in [1.82, 2.24) is 10.3 Å². The second-order valence-electron chi connectivity index (χ2n) is 9.16. The Balaban J connectivity index is 1.15. The first-order valence-corrected chi connectivity index (χ1v) is 12.2. The van der Waals surface area contributed by atoms with Gasteiger partial charge >= 0.3 is 0 Å². The second-order valence-corrected chi connectivity index (χ2v) is 9.16. The Morgan fingerprint density at radius 1 is 1.11 bits per heavy atom. The molecule has 0 bridgehead atoms. The monoisotopic (exact) mass is 490 g/mol. The first kappa shape index (κ1) is 23.9. The van der Waals surface area contributed by atoms with E-state index in [1.165, 1.54) is 6.26 Å². The fourth-order valence-electron chi connectivity index (χ4n) is 4.93. The molecule has 2 aromatic carbocycles. The number of carbonyl (C=O) groups is 2. The largest absolute Gasteiger partial charge is 0.497 e. The number of hydrogen-bond acceptors (Lipinski definition) is 6. The molecule has 188 valence electrons. The Bertz CT molecular complexity index is 1280. The van der Waals surface area contributed by atoms with E-state index in [-0.39, 0.29) is 35.6 Å². The zero-order valence-electron chi connectivity index (χ0n) is 20.4. The first-order chi connectivity index (χ1) is 17.6. The minimum atomic E-state index is -0.209. The predicted octanol–water partition coefficient (Wildman–Crippen LogP) is 4.15.